The Bertz CT molecular complexity index is 355. The van der Waals surface area contributed by atoms with Crippen molar-refractivity contribution in [2.75, 3.05) is 25.0 Å². The van der Waals surface area contributed by atoms with Crippen LogP contribution < -0.4 is 0 Å². The Morgan fingerprint density at radius 2 is 2.41 bits per heavy atom. The van der Waals surface area contributed by atoms with Crippen molar-refractivity contribution in [2.45, 2.75) is 25.5 Å². The molecule has 5 heteroatoms. The predicted molar refractivity (Wildman–Crippen MR) is 71.5 cm³/mol. The molecular weight excluding hydrogens is 282 g/mol. The van der Waals surface area contributed by atoms with Crippen molar-refractivity contribution in [2.24, 2.45) is 7.05 Å². The van der Waals surface area contributed by atoms with Gasteiger partial charge < -0.3 is 9.30 Å². The van der Waals surface area contributed by atoms with E-state index in [0.717, 1.165) is 37.3 Å². The number of ether oxygens (including phenoxy) is 1. The number of aryl methyl sites for hydroxylation is 1. The second-order valence-corrected chi connectivity index (χ2v) is 5.31. The van der Waals surface area contributed by atoms with Crippen molar-refractivity contribution in [1.82, 2.24) is 14.5 Å². The number of nitrogens with zero attached hydrogens (tertiary/aromatic N) is 3. The summed E-state index contributed by atoms with van der Waals surface area (Å²) in [6, 6.07) is 0.505. The molecule has 0 spiro atoms. The summed E-state index contributed by atoms with van der Waals surface area (Å²) >= 11 is 3.49. The molecule has 17 heavy (non-hydrogen) atoms. The third kappa shape index (κ3) is 3.30. The first kappa shape index (κ1) is 13.1. The maximum Gasteiger partial charge on any atom is 0.109 e. The molecule has 0 amide bonds. The number of imidazole rings is 1. The smallest absolute Gasteiger partial charge is 0.109 e. The lowest BCUT2D eigenvalue weighted by atomic mass is 10.2. The Balaban J connectivity index is 1.87. The van der Waals surface area contributed by atoms with Crippen molar-refractivity contribution in [3.05, 3.63) is 18.2 Å². The summed E-state index contributed by atoms with van der Waals surface area (Å²) in [5.74, 6) is 1.15. The fourth-order valence-corrected chi connectivity index (χ4v) is 2.55. The number of hydrogen-bond acceptors (Lipinski definition) is 3. The Morgan fingerprint density at radius 3 is 3.06 bits per heavy atom. The van der Waals surface area contributed by atoms with Gasteiger partial charge in [-0.2, -0.15) is 0 Å². The second-order valence-electron chi connectivity index (χ2n) is 4.66. The average Bonchev–Trinajstić information content (AvgIpc) is 2.74. The largest absolute Gasteiger partial charge is 0.374 e. The highest BCUT2D eigenvalue weighted by Crippen LogP contribution is 2.13. The van der Waals surface area contributed by atoms with Crippen molar-refractivity contribution in [3.63, 3.8) is 0 Å². The van der Waals surface area contributed by atoms with E-state index in [9.17, 15) is 0 Å². The van der Waals surface area contributed by atoms with Crippen LogP contribution in [0.15, 0.2) is 12.4 Å². The molecule has 4 nitrogen and oxygen atoms in total. The lowest BCUT2D eigenvalue weighted by Crippen LogP contribution is -2.49. The first-order valence-corrected chi connectivity index (χ1v) is 7.20. The van der Waals surface area contributed by atoms with E-state index in [-0.39, 0.29) is 0 Å². The van der Waals surface area contributed by atoms with Crippen LogP contribution in [0.1, 0.15) is 12.7 Å². The van der Waals surface area contributed by atoms with Gasteiger partial charge in [0.2, 0.25) is 0 Å². The fourth-order valence-electron chi connectivity index (χ4n) is 2.16. The van der Waals surface area contributed by atoms with E-state index in [0.29, 0.717) is 12.1 Å². The third-order valence-corrected chi connectivity index (χ3v) is 4.07. The van der Waals surface area contributed by atoms with Crippen LogP contribution in [0.3, 0.4) is 0 Å². The predicted octanol–water partition coefficient (Wildman–Crippen LogP) is 1.45. The van der Waals surface area contributed by atoms with Gasteiger partial charge in [-0.3, -0.25) is 4.90 Å². The van der Waals surface area contributed by atoms with E-state index in [1.165, 1.54) is 0 Å². The molecule has 0 bridgehead atoms. The van der Waals surface area contributed by atoms with Crippen LogP contribution in [-0.2, 0) is 18.2 Å². The highest BCUT2D eigenvalue weighted by molar-refractivity contribution is 9.09. The summed E-state index contributed by atoms with van der Waals surface area (Å²) in [5.41, 5.74) is 0. The summed E-state index contributed by atoms with van der Waals surface area (Å²) in [6.45, 7) is 5.12. The van der Waals surface area contributed by atoms with Gasteiger partial charge in [0, 0.05) is 50.3 Å². The normalized spacial score (nSPS) is 26.3. The molecule has 0 N–H and O–H groups in total. The summed E-state index contributed by atoms with van der Waals surface area (Å²) in [5, 5.41) is 0.915. The van der Waals surface area contributed by atoms with Crippen LogP contribution in [0, 0.1) is 0 Å². The molecule has 1 aromatic rings. The van der Waals surface area contributed by atoms with E-state index in [1.807, 2.05) is 19.4 Å². The van der Waals surface area contributed by atoms with Crippen molar-refractivity contribution < 1.29 is 4.74 Å². The maximum absolute atomic E-state index is 5.72. The van der Waals surface area contributed by atoms with Crippen molar-refractivity contribution in [1.29, 1.82) is 0 Å². The standard InChI is InChI=1S/C12H20BrN3O/c1-10-9-17-11(7-13)8-16(10)5-3-12-14-4-6-15(12)2/h4,6,10-11H,3,5,7-9H2,1-2H3. The van der Waals surface area contributed by atoms with Gasteiger partial charge in [0.25, 0.3) is 0 Å². The molecule has 2 rings (SSSR count). The average molecular weight is 302 g/mol. The highest BCUT2D eigenvalue weighted by atomic mass is 79.9. The first-order chi connectivity index (χ1) is 8.20. The molecule has 1 aliphatic heterocycles. The zero-order valence-electron chi connectivity index (χ0n) is 10.5. The molecular formula is C12H20BrN3O. The molecule has 2 heterocycles. The maximum atomic E-state index is 5.72. The van der Waals surface area contributed by atoms with Crippen LogP contribution in [0.2, 0.25) is 0 Å². The highest BCUT2D eigenvalue weighted by Gasteiger charge is 2.25. The lowest BCUT2D eigenvalue weighted by Gasteiger charge is -2.37. The first-order valence-electron chi connectivity index (χ1n) is 6.08. The molecule has 0 aromatic carbocycles. The summed E-state index contributed by atoms with van der Waals surface area (Å²) < 4.78 is 7.81. The quantitative estimate of drug-likeness (QED) is 0.789. The fraction of sp³-hybridized carbons (Fsp3) is 0.750. The second kappa shape index (κ2) is 5.98. The van der Waals surface area contributed by atoms with E-state index in [4.69, 9.17) is 4.74 Å². The third-order valence-electron chi connectivity index (χ3n) is 3.35. The summed E-state index contributed by atoms with van der Waals surface area (Å²) in [6.07, 6.45) is 5.19. The van der Waals surface area contributed by atoms with Crippen LogP contribution in [0.4, 0.5) is 0 Å². The van der Waals surface area contributed by atoms with Gasteiger partial charge in [0.1, 0.15) is 5.82 Å². The van der Waals surface area contributed by atoms with E-state index in [2.05, 4.69) is 37.3 Å². The van der Waals surface area contributed by atoms with Crippen LogP contribution >= 0.6 is 15.9 Å². The van der Waals surface area contributed by atoms with E-state index < -0.39 is 0 Å². The van der Waals surface area contributed by atoms with Crippen molar-refractivity contribution >= 4 is 15.9 Å². The van der Waals surface area contributed by atoms with Gasteiger partial charge in [0.05, 0.1) is 12.7 Å². The number of hydrogen-bond donors (Lipinski definition) is 0. The molecule has 0 radical (unpaired) electrons. The Kier molecular flexibility index (Phi) is 4.59. The minimum atomic E-state index is 0.326. The Morgan fingerprint density at radius 1 is 1.59 bits per heavy atom. The number of halogens is 1. The van der Waals surface area contributed by atoms with Gasteiger partial charge >= 0.3 is 0 Å². The van der Waals surface area contributed by atoms with Crippen molar-refractivity contribution in [3.8, 4) is 0 Å². The topological polar surface area (TPSA) is 30.3 Å². The molecule has 0 saturated carbocycles. The Hall–Kier alpha value is -0.390. The minimum absolute atomic E-state index is 0.326. The number of morpholine rings is 1. The Labute approximate surface area is 111 Å². The van der Waals surface area contributed by atoms with E-state index in [1.54, 1.807) is 0 Å². The molecule has 2 atom stereocenters. The molecule has 1 aromatic heterocycles. The molecule has 96 valence electrons. The van der Waals surface area contributed by atoms with Gasteiger partial charge in [-0.05, 0) is 6.92 Å². The van der Waals surface area contributed by atoms with E-state index >= 15 is 0 Å². The molecule has 2 unspecified atom stereocenters. The van der Waals surface area contributed by atoms with Gasteiger partial charge in [0.15, 0.2) is 0 Å². The van der Waals surface area contributed by atoms with Gasteiger partial charge in [-0.25, -0.2) is 4.98 Å². The van der Waals surface area contributed by atoms with Gasteiger partial charge in [-0.1, -0.05) is 15.9 Å². The number of aromatic nitrogens is 2. The van der Waals surface area contributed by atoms with Crippen LogP contribution in [0.5, 0.6) is 0 Å². The lowest BCUT2D eigenvalue weighted by molar-refractivity contribution is -0.0462. The minimum Gasteiger partial charge on any atom is -0.374 e. The molecule has 0 aliphatic carbocycles. The summed E-state index contributed by atoms with van der Waals surface area (Å²) in [7, 11) is 2.05. The summed E-state index contributed by atoms with van der Waals surface area (Å²) in [4.78, 5) is 6.85. The number of rotatable bonds is 4. The van der Waals surface area contributed by atoms with Crippen LogP contribution in [-0.4, -0.2) is 51.6 Å². The molecule has 1 saturated heterocycles. The van der Waals surface area contributed by atoms with Gasteiger partial charge in [-0.15, -0.1) is 0 Å². The zero-order valence-corrected chi connectivity index (χ0v) is 12.1. The molecule has 1 aliphatic rings. The molecule has 1 fully saturated rings. The van der Waals surface area contributed by atoms with Crippen LogP contribution in [0.25, 0.3) is 0 Å². The number of alkyl halides is 1. The monoisotopic (exact) mass is 301 g/mol. The zero-order chi connectivity index (χ0) is 12.3. The SMILES string of the molecule is CC1COC(CBr)CN1CCc1nccn1C.